The molecule has 0 fully saturated rings. The van der Waals surface area contributed by atoms with Crippen LogP contribution in [0, 0.1) is 0 Å². The van der Waals surface area contributed by atoms with Crippen molar-refractivity contribution < 1.29 is 13.2 Å². The zero-order valence-electron chi connectivity index (χ0n) is 10.2. The lowest BCUT2D eigenvalue weighted by molar-refractivity contribution is -0.137. The zero-order chi connectivity index (χ0) is 13.9. The summed E-state index contributed by atoms with van der Waals surface area (Å²) < 4.78 is 37.8. The van der Waals surface area contributed by atoms with Gasteiger partial charge in [-0.1, -0.05) is 12.1 Å². The molecule has 0 amide bonds. The fourth-order valence-corrected chi connectivity index (χ4v) is 1.62. The number of alkyl halides is 3. The SMILES string of the molecule is CCNc1ccc(-c2cccc(C(F)(F)F)c2)nn1. The van der Waals surface area contributed by atoms with Crippen LogP contribution in [-0.2, 0) is 6.18 Å². The summed E-state index contributed by atoms with van der Waals surface area (Å²) in [4.78, 5) is 0. The molecule has 1 heterocycles. The molecular weight excluding hydrogens is 255 g/mol. The molecule has 0 aliphatic heterocycles. The molecule has 19 heavy (non-hydrogen) atoms. The Labute approximate surface area is 108 Å². The van der Waals surface area contributed by atoms with E-state index in [-0.39, 0.29) is 0 Å². The molecule has 2 rings (SSSR count). The van der Waals surface area contributed by atoms with Gasteiger partial charge in [-0.25, -0.2) is 0 Å². The van der Waals surface area contributed by atoms with Crippen LogP contribution in [0.2, 0.25) is 0 Å². The molecule has 1 aromatic carbocycles. The molecule has 0 spiro atoms. The van der Waals surface area contributed by atoms with Crippen LogP contribution < -0.4 is 5.32 Å². The maximum Gasteiger partial charge on any atom is 0.416 e. The highest BCUT2D eigenvalue weighted by Crippen LogP contribution is 2.31. The van der Waals surface area contributed by atoms with E-state index in [4.69, 9.17) is 0 Å². The molecule has 0 bridgehead atoms. The van der Waals surface area contributed by atoms with Crippen LogP contribution in [0.15, 0.2) is 36.4 Å². The Bertz CT molecular complexity index is 550. The fraction of sp³-hybridized carbons (Fsp3) is 0.231. The van der Waals surface area contributed by atoms with Gasteiger partial charge < -0.3 is 5.32 Å². The van der Waals surface area contributed by atoms with E-state index in [0.29, 0.717) is 23.6 Å². The van der Waals surface area contributed by atoms with Gasteiger partial charge in [0.2, 0.25) is 0 Å². The largest absolute Gasteiger partial charge is 0.416 e. The fourth-order valence-electron chi connectivity index (χ4n) is 1.62. The van der Waals surface area contributed by atoms with E-state index in [1.54, 1.807) is 18.2 Å². The Balaban J connectivity index is 2.31. The van der Waals surface area contributed by atoms with Crippen molar-refractivity contribution in [2.75, 3.05) is 11.9 Å². The highest BCUT2D eigenvalue weighted by Gasteiger charge is 2.30. The molecule has 2 aromatic rings. The van der Waals surface area contributed by atoms with Gasteiger partial charge in [0, 0.05) is 12.1 Å². The van der Waals surface area contributed by atoms with E-state index in [1.807, 2.05) is 6.92 Å². The number of aromatic nitrogens is 2. The Kier molecular flexibility index (Phi) is 3.69. The first-order valence-corrected chi connectivity index (χ1v) is 5.76. The normalized spacial score (nSPS) is 11.4. The van der Waals surface area contributed by atoms with E-state index in [9.17, 15) is 13.2 Å². The third kappa shape index (κ3) is 3.21. The van der Waals surface area contributed by atoms with Crippen LogP contribution in [0.5, 0.6) is 0 Å². The molecule has 1 N–H and O–H groups in total. The summed E-state index contributed by atoms with van der Waals surface area (Å²) in [6.07, 6.45) is -4.35. The zero-order valence-corrected chi connectivity index (χ0v) is 10.2. The summed E-state index contributed by atoms with van der Waals surface area (Å²) in [6, 6.07) is 8.36. The smallest absolute Gasteiger partial charge is 0.369 e. The van der Waals surface area contributed by atoms with Crippen molar-refractivity contribution in [3.63, 3.8) is 0 Å². The highest BCUT2D eigenvalue weighted by molar-refractivity contribution is 5.60. The molecule has 0 aliphatic carbocycles. The first-order chi connectivity index (χ1) is 9.00. The van der Waals surface area contributed by atoms with Gasteiger partial charge in [-0.3, -0.25) is 0 Å². The average Bonchev–Trinajstić information content (AvgIpc) is 2.39. The molecule has 0 atom stereocenters. The van der Waals surface area contributed by atoms with Crippen molar-refractivity contribution in [1.82, 2.24) is 10.2 Å². The lowest BCUT2D eigenvalue weighted by Crippen LogP contribution is -2.05. The van der Waals surface area contributed by atoms with E-state index in [0.717, 1.165) is 12.1 Å². The Morgan fingerprint density at radius 2 is 1.89 bits per heavy atom. The van der Waals surface area contributed by atoms with Crippen LogP contribution in [0.3, 0.4) is 0 Å². The van der Waals surface area contributed by atoms with Crippen LogP contribution in [-0.4, -0.2) is 16.7 Å². The average molecular weight is 267 g/mol. The minimum Gasteiger partial charge on any atom is -0.369 e. The highest BCUT2D eigenvalue weighted by atomic mass is 19.4. The maximum absolute atomic E-state index is 12.6. The number of halogens is 3. The minimum atomic E-state index is -4.35. The Morgan fingerprint density at radius 3 is 2.47 bits per heavy atom. The van der Waals surface area contributed by atoms with E-state index >= 15 is 0 Å². The van der Waals surface area contributed by atoms with Crippen LogP contribution in [0.1, 0.15) is 12.5 Å². The van der Waals surface area contributed by atoms with E-state index < -0.39 is 11.7 Å². The van der Waals surface area contributed by atoms with E-state index in [1.165, 1.54) is 6.07 Å². The maximum atomic E-state index is 12.6. The van der Waals surface area contributed by atoms with Crippen LogP contribution in [0.4, 0.5) is 19.0 Å². The predicted octanol–water partition coefficient (Wildman–Crippen LogP) is 3.59. The first kappa shape index (κ1) is 13.3. The second kappa shape index (κ2) is 5.26. The first-order valence-electron chi connectivity index (χ1n) is 5.76. The number of anilines is 1. The molecule has 0 saturated heterocycles. The molecule has 6 heteroatoms. The van der Waals surface area contributed by atoms with Crippen molar-refractivity contribution in [3.8, 4) is 11.3 Å². The van der Waals surface area contributed by atoms with Crippen molar-refractivity contribution in [2.24, 2.45) is 0 Å². The molecule has 0 unspecified atom stereocenters. The van der Waals surface area contributed by atoms with Crippen LogP contribution >= 0.6 is 0 Å². The molecular formula is C13H12F3N3. The van der Waals surface area contributed by atoms with Crippen molar-refractivity contribution in [1.29, 1.82) is 0 Å². The number of nitrogens with zero attached hydrogens (tertiary/aromatic N) is 2. The lowest BCUT2D eigenvalue weighted by Gasteiger charge is -2.08. The molecule has 1 aromatic heterocycles. The number of rotatable bonds is 3. The van der Waals surface area contributed by atoms with Gasteiger partial charge in [0.1, 0.15) is 5.82 Å². The third-order valence-electron chi connectivity index (χ3n) is 2.51. The predicted molar refractivity (Wildman–Crippen MR) is 66.6 cm³/mol. The molecule has 0 radical (unpaired) electrons. The summed E-state index contributed by atoms with van der Waals surface area (Å²) in [5.41, 5.74) is 0.112. The summed E-state index contributed by atoms with van der Waals surface area (Å²) in [6.45, 7) is 2.62. The molecule has 3 nitrogen and oxygen atoms in total. The molecule has 0 saturated carbocycles. The lowest BCUT2D eigenvalue weighted by atomic mass is 10.1. The number of hydrogen-bond acceptors (Lipinski definition) is 3. The van der Waals surface area contributed by atoms with Gasteiger partial charge in [-0.05, 0) is 31.2 Å². The van der Waals surface area contributed by atoms with Gasteiger partial charge in [0.05, 0.1) is 11.3 Å². The summed E-state index contributed by atoms with van der Waals surface area (Å²) in [7, 11) is 0. The van der Waals surface area contributed by atoms with Gasteiger partial charge in [-0.15, -0.1) is 10.2 Å². The van der Waals surface area contributed by atoms with E-state index in [2.05, 4.69) is 15.5 Å². The van der Waals surface area contributed by atoms with Crippen LogP contribution in [0.25, 0.3) is 11.3 Å². The topological polar surface area (TPSA) is 37.8 Å². The van der Waals surface area contributed by atoms with Gasteiger partial charge in [0.15, 0.2) is 0 Å². The van der Waals surface area contributed by atoms with Crippen molar-refractivity contribution in [2.45, 2.75) is 13.1 Å². The second-order valence-corrected chi connectivity index (χ2v) is 3.91. The van der Waals surface area contributed by atoms with Gasteiger partial charge >= 0.3 is 6.18 Å². The second-order valence-electron chi connectivity index (χ2n) is 3.91. The Morgan fingerprint density at radius 1 is 1.11 bits per heavy atom. The summed E-state index contributed by atoms with van der Waals surface area (Å²) in [5, 5.41) is 10.8. The quantitative estimate of drug-likeness (QED) is 0.923. The molecule has 0 aliphatic rings. The number of benzene rings is 1. The number of nitrogens with one attached hydrogen (secondary N) is 1. The monoisotopic (exact) mass is 267 g/mol. The molecule has 100 valence electrons. The number of hydrogen-bond donors (Lipinski definition) is 1. The van der Waals surface area contributed by atoms with Crippen molar-refractivity contribution in [3.05, 3.63) is 42.0 Å². The minimum absolute atomic E-state index is 0.394. The Hall–Kier alpha value is -2.11. The van der Waals surface area contributed by atoms with Gasteiger partial charge in [0.25, 0.3) is 0 Å². The summed E-state index contributed by atoms with van der Waals surface area (Å²) in [5.74, 6) is 0.596. The van der Waals surface area contributed by atoms with Gasteiger partial charge in [-0.2, -0.15) is 13.2 Å². The van der Waals surface area contributed by atoms with Crippen molar-refractivity contribution >= 4 is 5.82 Å². The standard InChI is InChI=1S/C13H12F3N3/c1-2-17-12-7-6-11(18-19-12)9-4-3-5-10(8-9)13(14,15)16/h3-8H,2H2,1H3,(H,17,19). The third-order valence-corrected chi connectivity index (χ3v) is 2.51. The summed E-state index contributed by atoms with van der Waals surface area (Å²) >= 11 is 0.